The molecule has 1 heterocycles. The first-order chi connectivity index (χ1) is 6.72. The lowest BCUT2D eigenvalue weighted by molar-refractivity contribution is -0.116. The zero-order valence-corrected chi connectivity index (χ0v) is 8.55. The van der Waals surface area contributed by atoms with Crippen LogP contribution in [0, 0.1) is 0 Å². The van der Waals surface area contributed by atoms with Crippen LogP contribution in [0.4, 0.5) is 0 Å². The SMILES string of the molecule is CC(=O)CCC1=CN(CCCN)NN1. The van der Waals surface area contributed by atoms with E-state index < -0.39 is 0 Å². The fourth-order valence-corrected chi connectivity index (χ4v) is 1.22. The van der Waals surface area contributed by atoms with Crippen LogP contribution in [0.5, 0.6) is 0 Å². The molecule has 14 heavy (non-hydrogen) atoms. The third-order valence-corrected chi connectivity index (χ3v) is 2.02. The first-order valence-electron chi connectivity index (χ1n) is 4.91. The highest BCUT2D eigenvalue weighted by molar-refractivity contribution is 5.75. The molecule has 0 aromatic carbocycles. The number of carbonyl (C=O) groups excluding carboxylic acids is 1. The molecule has 0 bridgehead atoms. The Bertz CT molecular complexity index is 227. The third-order valence-electron chi connectivity index (χ3n) is 2.02. The van der Waals surface area contributed by atoms with E-state index >= 15 is 0 Å². The zero-order chi connectivity index (χ0) is 10.4. The van der Waals surface area contributed by atoms with Gasteiger partial charge in [-0.1, -0.05) is 0 Å². The number of rotatable bonds is 6. The molecule has 80 valence electrons. The minimum Gasteiger partial charge on any atom is -0.330 e. The number of Topliss-reactive ketones (excluding diaryl/α,β-unsaturated/α-hetero) is 1. The molecule has 0 aromatic heterocycles. The maximum absolute atomic E-state index is 10.7. The number of carbonyl (C=O) groups is 1. The molecule has 0 radical (unpaired) electrons. The molecule has 0 aromatic rings. The van der Waals surface area contributed by atoms with Crippen LogP contribution in [0.15, 0.2) is 11.9 Å². The minimum atomic E-state index is 0.216. The Labute approximate surface area is 84.3 Å². The van der Waals surface area contributed by atoms with Crippen LogP contribution in [0.2, 0.25) is 0 Å². The van der Waals surface area contributed by atoms with Crippen molar-refractivity contribution < 1.29 is 4.79 Å². The van der Waals surface area contributed by atoms with Crippen molar-refractivity contribution in [1.82, 2.24) is 16.0 Å². The highest BCUT2D eigenvalue weighted by Gasteiger charge is 2.10. The maximum atomic E-state index is 10.7. The van der Waals surface area contributed by atoms with E-state index in [1.807, 2.05) is 11.2 Å². The van der Waals surface area contributed by atoms with Gasteiger partial charge in [-0.3, -0.25) is 5.01 Å². The third kappa shape index (κ3) is 3.76. The molecule has 1 aliphatic heterocycles. The number of nitrogens with two attached hydrogens (primary N) is 1. The van der Waals surface area contributed by atoms with Gasteiger partial charge in [0.25, 0.3) is 0 Å². The topological polar surface area (TPSA) is 70.4 Å². The number of hydrogen-bond acceptors (Lipinski definition) is 5. The van der Waals surface area contributed by atoms with Gasteiger partial charge in [0, 0.05) is 24.9 Å². The number of hydrogen-bond donors (Lipinski definition) is 3. The van der Waals surface area contributed by atoms with Crippen LogP contribution in [-0.4, -0.2) is 23.9 Å². The number of nitrogens with one attached hydrogen (secondary N) is 2. The van der Waals surface area contributed by atoms with Crippen molar-refractivity contribution in [2.75, 3.05) is 13.1 Å². The van der Waals surface area contributed by atoms with Crippen molar-refractivity contribution in [2.24, 2.45) is 5.73 Å². The molecule has 0 fully saturated rings. The molecular formula is C9H18N4O. The van der Waals surface area contributed by atoms with Crippen molar-refractivity contribution in [3.05, 3.63) is 11.9 Å². The fraction of sp³-hybridized carbons (Fsp3) is 0.667. The van der Waals surface area contributed by atoms with Crippen molar-refractivity contribution in [1.29, 1.82) is 0 Å². The van der Waals surface area contributed by atoms with E-state index in [0.29, 0.717) is 13.0 Å². The Hall–Kier alpha value is -1.07. The number of nitrogens with zero attached hydrogens (tertiary/aromatic N) is 1. The molecule has 0 unspecified atom stereocenters. The summed E-state index contributed by atoms with van der Waals surface area (Å²) in [5.74, 6) is 0.216. The summed E-state index contributed by atoms with van der Waals surface area (Å²) in [6.45, 7) is 3.18. The van der Waals surface area contributed by atoms with Crippen LogP contribution in [0.25, 0.3) is 0 Å². The number of ketones is 1. The van der Waals surface area contributed by atoms with Gasteiger partial charge in [0.15, 0.2) is 0 Å². The van der Waals surface area contributed by atoms with E-state index in [4.69, 9.17) is 5.73 Å². The van der Waals surface area contributed by atoms with Gasteiger partial charge in [-0.25, -0.2) is 0 Å². The molecular weight excluding hydrogens is 180 g/mol. The normalized spacial score (nSPS) is 15.3. The van der Waals surface area contributed by atoms with Gasteiger partial charge in [0.05, 0.1) is 0 Å². The Morgan fingerprint density at radius 3 is 3.07 bits per heavy atom. The van der Waals surface area contributed by atoms with Gasteiger partial charge in [-0.05, 0) is 26.3 Å². The number of allylic oxidation sites excluding steroid dienone is 1. The van der Waals surface area contributed by atoms with Gasteiger partial charge in [-0.2, -0.15) is 0 Å². The summed E-state index contributed by atoms with van der Waals surface area (Å²) in [6.07, 6.45) is 4.29. The first kappa shape index (κ1) is 11.0. The first-order valence-corrected chi connectivity index (χ1v) is 4.91. The summed E-state index contributed by atoms with van der Waals surface area (Å²) in [7, 11) is 0. The summed E-state index contributed by atoms with van der Waals surface area (Å²) in [4.78, 5) is 10.7. The zero-order valence-electron chi connectivity index (χ0n) is 8.55. The highest BCUT2D eigenvalue weighted by Crippen LogP contribution is 2.07. The maximum Gasteiger partial charge on any atom is 0.130 e. The summed E-state index contributed by atoms with van der Waals surface area (Å²) >= 11 is 0. The van der Waals surface area contributed by atoms with Crippen molar-refractivity contribution >= 4 is 5.78 Å². The van der Waals surface area contributed by atoms with Gasteiger partial charge in [-0.15, -0.1) is 5.53 Å². The molecule has 0 saturated heterocycles. The molecule has 5 heteroatoms. The van der Waals surface area contributed by atoms with E-state index in [2.05, 4.69) is 11.0 Å². The molecule has 1 rings (SSSR count). The van der Waals surface area contributed by atoms with Gasteiger partial charge < -0.3 is 16.0 Å². The smallest absolute Gasteiger partial charge is 0.130 e. The molecule has 0 amide bonds. The average molecular weight is 198 g/mol. The highest BCUT2D eigenvalue weighted by atomic mass is 16.1. The molecule has 1 aliphatic rings. The molecule has 0 aliphatic carbocycles. The predicted molar refractivity (Wildman–Crippen MR) is 54.6 cm³/mol. The largest absolute Gasteiger partial charge is 0.330 e. The molecule has 0 spiro atoms. The lowest BCUT2D eigenvalue weighted by Crippen LogP contribution is -2.37. The quantitative estimate of drug-likeness (QED) is 0.554. The van der Waals surface area contributed by atoms with Gasteiger partial charge in [0.2, 0.25) is 0 Å². The van der Waals surface area contributed by atoms with Crippen molar-refractivity contribution in [3.63, 3.8) is 0 Å². The van der Waals surface area contributed by atoms with Crippen LogP contribution in [-0.2, 0) is 4.79 Å². The van der Waals surface area contributed by atoms with Gasteiger partial charge in [0.1, 0.15) is 5.78 Å². The summed E-state index contributed by atoms with van der Waals surface area (Å²) in [5.41, 5.74) is 12.5. The predicted octanol–water partition coefficient (Wildman–Crippen LogP) is -0.129. The minimum absolute atomic E-state index is 0.216. The fourth-order valence-electron chi connectivity index (χ4n) is 1.22. The monoisotopic (exact) mass is 198 g/mol. The van der Waals surface area contributed by atoms with Crippen LogP contribution in [0.3, 0.4) is 0 Å². The lowest BCUT2D eigenvalue weighted by Gasteiger charge is -2.13. The Morgan fingerprint density at radius 1 is 1.64 bits per heavy atom. The Balaban J connectivity index is 2.23. The van der Waals surface area contributed by atoms with Crippen LogP contribution in [0.1, 0.15) is 26.2 Å². The second-order valence-corrected chi connectivity index (χ2v) is 3.43. The van der Waals surface area contributed by atoms with E-state index in [1.54, 1.807) is 6.92 Å². The summed E-state index contributed by atoms with van der Waals surface area (Å²) < 4.78 is 0. The van der Waals surface area contributed by atoms with Crippen LogP contribution < -0.4 is 16.7 Å². The van der Waals surface area contributed by atoms with Crippen LogP contribution >= 0.6 is 0 Å². The number of hydrazine groups is 2. The summed E-state index contributed by atoms with van der Waals surface area (Å²) in [5, 5.41) is 1.95. The van der Waals surface area contributed by atoms with Crippen molar-refractivity contribution in [3.8, 4) is 0 Å². The second-order valence-electron chi connectivity index (χ2n) is 3.43. The van der Waals surface area contributed by atoms with E-state index in [1.165, 1.54) is 0 Å². The van der Waals surface area contributed by atoms with E-state index in [-0.39, 0.29) is 5.78 Å². The lowest BCUT2D eigenvalue weighted by atomic mass is 10.2. The van der Waals surface area contributed by atoms with E-state index in [0.717, 1.165) is 25.1 Å². The van der Waals surface area contributed by atoms with Gasteiger partial charge >= 0.3 is 0 Å². The Kier molecular flexibility index (Phi) is 4.42. The van der Waals surface area contributed by atoms with E-state index in [9.17, 15) is 4.79 Å². The van der Waals surface area contributed by atoms with Crippen molar-refractivity contribution in [2.45, 2.75) is 26.2 Å². The average Bonchev–Trinajstić information content (AvgIpc) is 2.59. The summed E-state index contributed by atoms with van der Waals surface area (Å²) in [6, 6.07) is 0. The standard InChI is InChI=1S/C9H18N4O/c1-8(14)3-4-9-7-13(12-11-9)6-2-5-10/h7,11-12H,2-6,10H2,1H3. The molecule has 0 saturated carbocycles. The molecule has 0 atom stereocenters. The Morgan fingerprint density at radius 2 is 2.43 bits per heavy atom. The second kappa shape index (κ2) is 5.62. The molecule has 4 N–H and O–H groups in total. The molecule has 5 nitrogen and oxygen atoms in total.